The number of aliphatic hydroxyl groups is 1. The van der Waals surface area contributed by atoms with Gasteiger partial charge in [-0.2, -0.15) is 0 Å². The molecule has 3 nitrogen and oxygen atoms in total. The molecule has 0 saturated carbocycles. The third-order valence-corrected chi connectivity index (χ3v) is 6.21. The summed E-state index contributed by atoms with van der Waals surface area (Å²) in [5.41, 5.74) is 4.81. The summed E-state index contributed by atoms with van der Waals surface area (Å²) in [6.07, 6.45) is 0. The Kier molecular flexibility index (Phi) is 5.93. The number of anilines is 1. The van der Waals surface area contributed by atoms with Gasteiger partial charge in [0.25, 0.3) is 0 Å². The van der Waals surface area contributed by atoms with Gasteiger partial charge in [0.05, 0.1) is 33.6 Å². The maximum Gasteiger partial charge on any atom is 0.128 e. The Bertz CT molecular complexity index is 1280. The zero-order valence-electron chi connectivity index (χ0n) is 18.6. The molecule has 0 radical (unpaired) electrons. The van der Waals surface area contributed by atoms with E-state index in [0.717, 1.165) is 33.3 Å². The lowest BCUT2D eigenvalue weighted by Gasteiger charge is -2.20. The normalized spacial score (nSPS) is 12.7. The molecular formula is C27H26ClFN2O. The maximum atomic E-state index is 14.3. The molecule has 0 bridgehead atoms. The van der Waals surface area contributed by atoms with E-state index >= 15 is 0 Å². The summed E-state index contributed by atoms with van der Waals surface area (Å²) in [7, 11) is 0. The number of benzene rings is 3. The Morgan fingerprint density at radius 3 is 2.31 bits per heavy atom. The molecule has 4 aromatic rings. The minimum Gasteiger partial charge on any atom is -0.386 e. The number of halogens is 2. The number of rotatable bonds is 5. The van der Waals surface area contributed by atoms with Crippen molar-refractivity contribution in [2.45, 2.75) is 39.3 Å². The largest absolute Gasteiger partial charge is 0.386 e. The van der Waals surface area contributed by atoms with E-state index in [-0.39, 0.29) is 11.9 Å². The van der Waals surface area contributed by atoms with Crippen molar-refractivity contribution in [3.63, 3.8) is 0 Å². The number of nitrogens with one attached hydrogen (secondary N) is 1. The number of hydrogen-bond donors (Lipinski definition) is 2. The molecule has 0 aliphatic heterocycles. The molecule has 0 fully saturated rings. The molecule has 32 heavy (non-hydrogen) atoms. The summed E-state index contributed by atoms with van der Waals surface area (Å²) in [5, 5.41) is 15.0. The van der Waals surface area contributed by atoms with Gasteiger partial charge < -0.3 is 10.4 Å². The Morgan fingerprint density at radius 2 is 1.66 bits per heavy atom. The molecule has 0 aliphatic carbocycles. The highest BCUT2D eigenvalue weighted by Gasteiger charge is 2.18. The van der Waals surface area contributed by atoms with Crippen molar-refractivity contribution in [1.29, 1.82) is 0 Å². The van der Waals surface area contributed by atoms with Crippen LogP contribution in [0.15, 0.2) is 66.7 Å². The molecule has 4 rings (SSSR count). The zero-order chi connectivity index (χ0) is 23.0. The van der Waals surface area contributed by atoms with E-state index in [1.165, 1.54) is 6.07 Å². The highest BCUT2D eigenvalue weighted by molar-refractivity contribution is 6.35. The second-order valence-corrected chi connectivity index (χ2v) is 9.02. The standard InChI is InChI=1S/C27H26ClFN2O/c1-16(21-7-5-6-8-23(21)29)31-26-22-15-19(11-14-24(22)30-17(2)25(26)28)18-9-12-20(13-10-18)27(3,4)32/h5-16,32H,1-4H3,(H,30,31). The molecule has 0 spiro atoms. The molecule has 1 aromatic heterocycles. The van der Waals surface area contributed by atoms with Crippen LogP contribution in [0.25, 0.3) is 22.0 Å². The molecule has 0 aliphatic rings. The van der Waals surface area contributed by atoms with Crippen LogP contribution in [0.2, 0.25) is 5.02 Å². The van der Waals surface area contributed by atoms with Gasteiger partial charge in [0.1, 0.15) is 5.82 Å². The first-order valence-electron chi connectivity index (χ1n) is 10.6. The van der Waals surface area contributed by atoms with Gasteiger partial charge in [0.15, 0.2) is 0 Å². The van der Waals surface area contributed by atoms with Crippen LogP contribution in [0, 0.1) is 12.7 Å². The fraction of sp³-hybridized carbons (Fsp3) is 0.222. The van der Waals surface area contributed by atoms with Crippen LogP contribution in [0.1, 0.15) is 43.6 Å². The lowest BCUT2D eigenvalue weighted by atomic mass is 9.95. The smallest absolute Gasteiger partial charge is 0.128 e. The minimum absolute atomic E-state index is 0.258. The van der Waals surface area contributed by atoms with E-state index in [1.807, 2.05) is 62.4 Å². The van der Waals surface area contributed by atoms with E-state index < -0.39 is 5.60 Å². The van der Waals surface area contributed by atoms with Crippen LogP contribution in [-0.2, 0) is 5.60 Å². The number of fused-ring (bicyclic) bond motifs is 1. The number of aryl methyl sites for hydroxylation is 1. The van der Waals surface area contributed by atoms with Crippen molar-refractivity contribution in [3.05, 3.63) is 94.4 Å². The average Bonchev–Trinajstić information content (AvgIpc) is 2.76. The van der Waals surface area contributed by atoms with E-state index in [9.17, 15) is 9.50 Å². The van der Waals surface area contributed by atoms with Crippen LogP contribution >= 0.6 is 11.6 Å². The van der Waals surface area contributed by atoms with Gasteiger partial charge in [-0.1, -0.05) is 60.1 Å². The lowest BCUT2D eigenvalue weighted by molar-refractivity contribution is 0.0786. The topological polar surface area (TPSA) is 45.2 Å². The van der Waals surface area contributed by atoms with Crippen LogP contribution in [-0.4, -0.2) is 10.1 Å². The average molecular weight is 449 g/mol. The molecule has 164 valence electrons. The fourth-order valence-corrected chi connectivity index (χ4v) is 4.07. The van der Waals surface area contributed by atoms with Crippen LogP contribution in [0.3, 0.4) is 0 Å². The van der Waals surface area contributed by atoms with Gasteiger partial charge in [-0.15, -0.1) is 0 Å². The van der Waals surface area contributed by atoms with Crippen LogP contribution < -0.4 is 5.32 Å². The monoisotopic (exact) mass is 448 g/mol. The van der Waals surface area contributed by atoms with Crippen LogP contribution in [0.4, 0.5) is 10.1 Å². The van der Waals surface area contributed by atoms with E-state index in [0.29, 0.717) is 16.3 Å². The van der Waals surface area contributed by atoms with Gasteiger partial charge >= 0.3 is 0 Å². The second kappa shape index (κ2) is 8.53. The SMILES string of the molecule is Cc1nc2ccc(-c3ccc(C(C)(C)O)cc3)cc2c(NC(C)c2ccccc2F)c1Cl. The number of hydrogen-bond acceptors (Lipinski definition) is 3. The summed E-state index contributed by atoms with van der Waals surface area (Å²) >= 11 is 6.67. The first-order chi connectivity index (χ1) is 15.1. The van der Waals surface area contributed by atoms with Crippen molar-refractivity contribution >= 4 is 28.2 Å². The van der Waals surface area contributed by atoms with Crippen molar-refractivity contribution in [2.24, 2.45) is 0 Å². The summed E-state index contributed by atoms with van der Waals surface area (Å²) in [4.78, 5) is 4.64. The van der Waals surface area contributed by atoms with Crippen molar-refractivity contribution < 1.29 is 9.50 Å². The van der Waals surface area contributed by atoms with Crippen molar-refractivity contribution in [2.75, 3.05) is 5.32 Å². The summed E-state index contributed by atoms with van der Waals surface area (Å²) in [6.45, 7) is 7.31. The van der Waals surface area contributed by atoms with Crippen LogP contribution in [0.5, 0.6) is 0 Å². The fourth-order valence-electron chi connectivity index (χ4n) is 3.87. The molecule has 2 N–H and O–H groups in total. The number of nitrogens with zero attached hydrogens (tertiary/aromatic N) is 1. The molecule has 1 atom stereocenters. The molecular weight excluding hydrogens is 423 g/mol. The molecule has 3 aromatic carbocycles. The highest BCUT2D eigenvalue weighted by Crippen LogP contribution is 2.37. The predicted octanol–water partition coefficient (Wildman–Crippen LogP) is 7.40. The maximum absolute atomic E-state index is 14.3. The molecule has 5 heteroatoms. The first-order valence-corrected chi connectivity index (χ1v) is 11.0. The quantitative estimate of drug-likeness (QED) is 0.334. The lowest BCUT2D eigenvalue weighted by Crippen LogP contribution is -2.14. The van der Waals surface area contributed by atoms with Gasteiger partial charge in [-0.05, 0) is 62.6 Å². The van der Waals surface area contributed by atoms with E-state index in [1.54, 1.807) is 26.0 Å². The van der Waals surface area contributed by atoms with Gasteiger partial charge in [-0.3, -0.25) is 4.98 Å². The van der Waals surface area contributed by atoms with Crippen molar-refractivity contribution in [3.8, 4) is 11.1 Å². The summed E-state index contributed by atoms with van der Waals surface area (Å²) in [6, 6.07) is 20.3. The third-order valence-electron chi connectivity index (χ3n) is 5.75. The van der Waals surface area contributed by atoms with E-state index in [4.69, 9.17) is 11.6 Å². The first kappa shape index (κ1) is 22.3. The third kappa shape index (κ3) is 4.34. The highest BCUT2D eigenvalue weighted by atomic mass is 35.5. The summed E-state index contributed by atoms with van der Waals surface area (Å²) in [5.74, 6) is -0.258. The van der Waals surface area contributed by atoms with Gasteiger partial charge in [0, 0.05) is 10.9 Å². The Hall–Kier alpha value is -2.95. The molecule has 0 amide bonds. The van der Waals surface area contributed by atoms with Gasteiger partial charge in [-0.25, -0.2) is 4.39 Å². The molecule has 1 unspecified atom stereocenters. The zero-order valence-corrected chi connectivity index (χ0v) is 19.3. The number of pyridine rings is 1. The Labute approximate surface area is 192 Å². The Balaban J connectivity index is 1.79. The van der Waals surface area contributed by atoms with E-state index in [2.05, 4.69) is 10.3 Å². The second-order valence-electron chi connectivity index (χ2n) is 8.64. The summed E-state index contributed by atoms with van der Waals surface area (Å²) < 4.78 is 14.3. The molecule has 0 saturated heterocycles. The van der Waals surface area contributed by atoms with Gasteiger partial charge in [0.2, 0.25) is 0 Å². The number of aromatic nitrogens is 1. The Morgan fingerprint density at radius 1 is 1.00 bits per heavy atom. The minimum atomic E-state index is -0.892. The molecule has 1 heterocycles. The predicted molar refractivity (Wildman–Crippen MR) is 131 cm³/mol. The van der Waals surface area contributed by atoms with Crippen molar-refractivity contribution in [1.82, 2.24) is 4.98 Å².